The topological polar surface area (TPSA) is 196 Å². The Balaban J connectivity index is 2.94. The lowest BCUT2D eigenvalue weighted by molar-refractivity contribution is -0.147. The highest BCUT2D eigenvalue weighted by Crippen LogP contribution is 2.10. The molecule has 13 nitrogen and oxygen atoms in total. The van der Waals surface area contributed by atoms with Gasteiger partial charge in [0.15, 0.2) is 0 Å². The average molecular weight is 483 g/mol. The Bertz CT molecular complexity index is 832. The largest absolute Gasteiger partial charge is 0.480 e. The zero-order valence-electron chi connectivity index (χ0n) is 18.4. The van der Waals surface area contributed by atoms with Crippen LogP contribution in [0.25, 0.3) is 0 Å². The number of hydrogen-bond donors (Lipinski definition) is 5. The van der Waals surface area contributed by atoms with Gasteiger partial charge in [0.05, 0.1) is 26.2 Å². The third kappa shape index (κ3) is 11.9. The molecule has 0 aliphatic rings. The molecule has 0 fully saturated rings. The molecule has 0 aliphatic heterocycles. The molecule has 0 saturated carbocycles. The fraction of sp³-hybridized carbons (Fsp3) is 0.476. The van der Waals surface area contributed by atoms with Crippen molar-refractivity contribution in [2.24, 2.45) is 0 Å². The van der Waals surface area contributed by atoms with Crippen LogP contribution in [0, 0.1) is 0 Å². The Morgan fingerprint density at radius 3 is 1.53 bits per heavy atom. The van der Waals surface area contributed by atoms with Crippen LogP contribution >= 0.6 is 0 Å². The third-order valence-electron chi connectivity index (χ3n) is 4.85. The highest BCUT2D eigenvalue weighted by molar-refractivity contribution is 5.76. The maximum absolute atomic E-state index is 11.9. The zero-order valence-corrected chi connectivity index (χ0v) is 18.4. The lowest BCUT2D eigenvalue weighted by atomic mass is 10.0. The predicted octanol–water partition coefficient (Wildman–Crippen LogP) is -1.07. The highest BCUT2D eigenvalue weighted by Gasteiger charge is 2.28. The van der Waals surface area contributed by atoms with Crippen molar-refractivity contribution in [2.45, 2.75) is 12.5 Å². The van der Waals surface area contributed by atoms with Crippen molar-refractivity contribution in [3.8, 4) is 0 Å². The van der Waals surface area contributed by atoms with Gasteiger partial charge < -0.3 is 25.5 Å². The van der Waals surface area contributed by atoms with E-state index in [-0.39, 0.29) is 32.6 Å². The second-order valence-electron chi connectivity index (χ2n) is 7.58. The summed E-state index contributed by atoms with van der Waals surface area (Å²) >= 11 is 0. The molecular formula is C21H29N3O10. The average Bonchev–Trinajstić information content (AvgIpc) is 2.72. The maximum Gasteiger partial charge on any atom is 0.321 e. The van der Waals surface area contributed by atoms with E-state index in [1.165, 1.54) is 9.80 Å². The van der Waals surface area contributed by atoms with Crippen LogP contribution < -0.4 is 0 Å². The number of aliphatic carboxylic acids is 5. The van der Waals surface area contributed by atoms with Gasteiger partial charge in [0, 0.05) is 26.2 Å². The van der Waals surface area contributed by atoms with E-state index in [9.17, 15) is 39.3 Å². The van der Waals surface area contributed by atoms with Crippen LogP contribution in [-0.2, 0) is 30.4 Å². The Hall–Kier alpha value is -3.55. The first kappa shape index (κ1) is 28.5. The minimum Gasteiger partial charge on any atom is -0.480 e. The Morgan fingerprint density at radius 2 is 1.06 bits per heavy atom. The molecule has 0 bridgehead atoms. The molecule has 0 aromatic heterocycles. The van der Waals surface area contributed by atoms with Gasteiger partial charge in [0.25, 0.3) is 0 Å². The molecule has 0 saturated heterocycles. The van der Waals surface area contributed by atoms with Crippen LogP contribution in [0.1, 0.15) is 5.56 Å². The Labute approximate surface area is 195 Å². The summed E-state index contributed by atoms with van der Waals surface area (Å²) in [5, 5.41) is 46.1. The van der Waals surface area contributed by atoms with E-state index in [2.05, 4.69) is 0 Å². The van der Waals surface area contributed by atoms with Gasteiger partial charge in [-0.25, -0.2) is 0 Å². The molecule has 1 aromatic carbocycles. The molecule has 1 aromatic rings. The van der Waals surface area contributed by atoms with E-state index >= 15 is 0 Å². The van der Waals surface area contributed by atoms with Crippen LogP contribution in [0.5, 0.6) is 0 Å². The first-order valence-corrected chi connectivity index (χ1v) is 10.3. The summed E-state index contributed by atoms with van der Waals surface area (Å²) in [6, 6.07) is 7.46. The first-order chi connectivity index (χ1) is 16.0. The summed E-state index contributed by atoms with van der Waals surface area (Å²) in [4.78, 5) is 60.2. The van der Waals surface area contributed by atoms with Crippen molar-refractivity contribution in [2.75, 3.05) is 52.4 Å². The number of benzene rings is 1. The molecule has 0 spiro atoms. The number of carbonyl (C=O) groups is 5. The fourth-order valence-electron chi connectivity index (χ4n) is 3.34. The summed E-state index contributed by atoms with van der Waals surface area (Å²) in [5.41, 5.74) is 0.686. The van der Waals surface area contributed by atoms with Gasteiger partial charge in [-0.1, -0.05) is 30.3 Å². The van der Waals surface area contributed by atoms with Crippen LogP contribution in [0.2, 0.25) is 0 Å². The second kappa shape index (κ2) is 14.6. The van der Waals surface area contributed by atoms with Crippen LogP contribution in [-0.4, -0.2) is 128 Å². The minimum absolute atomic E-state index is 0.0236. The number of nitrogens with zero attached hydrogens (tertiary/aromatic N) is 3. The van der Waals surface area contributed by atoms with E-state index in [1.54, 1.807) is 30.3 Å². The first-order valence-electron chi connectivity index (χ1n) is 10.3. The summed E-state index contributed by atoms with van der Waals surface area (Å²) in [7, 11) is 0. The van der Waals surface area contributed by atoms with Crippen molar-refractivity contribution >= 4 is 29.8 Å². The maximum atomic E-state index is 11.9. The second-order valence-corrected chi connectivity index (χ2v) is 7.58. The van der Waals surface area contributed by atoms with Crippen LogP contribution in [0.15, 0.2) is 30.3 Å². The molecule has 0 unspecified atom stereocenters. The monoisotopic (exact) mass is 483 g/mol. The van der Waals surface area contributed by atoms with Gasteiger partial charge in [-0.2, -0.15) is 0 Å². The van der Waals surface area contributed by atoms with Crippen molar-refractivity contribution in [3.05, 3.63) is 35.9 Å². The van der Waals surface area contributed by atoms with Crippen molar-refractivity contribution < 1.29 is 49.5 Å². The van der Waals surface area contributed by atoms with Gasteiger partial charge >= 0.3 is 29.8 Å². The molecule has 5 N–H and O–H groups in total. The van der Waals surface area contributed by atoms with Crippen LogP contribution in [0.4, 0.5) is 0 Å². The van der Waals surface area contributed by atoms with Gasteiger partial charge in [-0.05, 0) is 12.0 Å². The number of hydrogen-bond acceptors (Lipinski definition) is 8. The minimum atomic E-state index is -1.25. The zero-order chi connectivity index (χ0) is 25.7. The Morgan fingerprint density at radius 1 is 0.618 bits per heavy atom. The van der Waals surface area contributed by atoms with E-state index < -0.39 is 62.1 Å². The lowest BCUT2D eigenvalue weighted by Gasteiger charge is -2.31. The highest BCUT2D eigenvalue weighted by atomic mass is 16.4. The normalized spacial score (nSPS) is 12.1. The van der Waals surface area contributed by atoms with E-state index in [0.29, 0.717) is 5.56 Å². The lowest BCUT2D eigenvalue weighted by Crippen LogP contribution is -2.49. The number of rotatable bonds is 18. The summed E-state index contributed by atoms with van der Waals surface area (Å²) in [5.74, 6) is -6.18. The van der Waals surface area contributed by atoms with Crippen LogP contribution in [0.3, 0.4) is 0 Å². The Kier molecular flexibility index (Phi) is 12.2. The van der Waals surface area contributed by atoms with Gasteiger partial charge in [0.2, 0.25) is 0 Å². The molecular weight excluding hydrogens is 454 g/mol. The molecule has 188 valence electrons. The summed E-state index contributed by atoms with van der Waals surface area (Å²) in [6.45, 7) is -2.41. The molecule has 0 amide bonds. The SMILES string of the molecule is O=C(O)CN(CCN(CC(=O)O)CC(=O)O)CCN(CC(=O)O)[C@H](Cc1ccccc1)C(=O)O. The molecule has 0 heterocycles. The quantitative estimate of drug-likeness (QED) is 0.169. The third-order valence-corrected chi connectivity index (χ3v) is 4.85. The fourth-order valence-corrected chi connectivity index (χ4v) is 3.34. The van der Waals surface area contributed by atoms with Crippen molar-refractivity contribution in [3.63, 3.8) is 0 Å². The standard InChI is InChI=1S/C21H29N3O10/c25-17(26)11-22(6-7-23(12-18(27)28)13-19(29)30)8-9-24(14-20(31)32)16(21(33)34)10-15-4-2-1-3-5-15/h1-5,16H,6-14H2,(H,25,26)(H,27,28)(H,29,30)(H,31,32)(H,33,34)/t16-/m1/s1. The summed E-state index contributed by atoms with van der Waals surface area (Å²) in [6.07, 6.45) is 0.0351. The number of carboxylic acid groups (broad SMARTS) is 5. The van der Waals surface area contributed by atoms with E-state index in [0.717, 1.165) is 4.90 Å². The van der Waals surface area contributed by atoms with Gasteiger partial charge in [-0.15, -0.1) is 0 Å². The summed E-state index contributed by atoms with van der Waals surface area (Å²) < 4.78 is 0. The van der Waals surface area contributed by atoms with Gasteiger partial charge in [-0.3, -0.25) is 38.7 Å². The number of carboxylic acids is 5. The molecule has 0 aliphatic carbocycles. The van der Waals surface area contributed by atoms with Gasteiger partial charge in [0.1, 0.15) is 6.04 Å². The van der Waals surface area contributed by atoms with Crippen molar-refractivity contribution in [1.29, 1.82) is 0 Å². The van der Waals surface area contributed by atoms with Crippen molar-refractivity contribution in [1.82, 2.24) is 14.7 Å². The van der Waals surface area contributed by atoms with E-state index in [1.807, 2.05) is 0 Å². The molecule has 13 heteroatoms. The van der Waals surface area contributed by atoms with E-state index in [4.69, 9.17) is 10.2 Å². The predicted molar refractivity (Wildman–Crippen MR) is 117 cm³/mol. The smallest absolute Gasteiger partial charge is 0.321 e. The molecule has 1 atom stereocenters. The molecule has 1 rings (SSSR count). The molecule has 34 heavy (non-hydrogen) atoms. The molecule has 0 radical (unpaired) electrons.